The van der Waals surface area contributed by atoms with Crippen molar-refractivity contribution in [2.75, 3.05) is 19.6 Å². The Morgan fingerprint density at radius 3 is 1.84 bits per heavy atom. The highest BCUT2D eigenvalue weighted by molar-refractivity contribution is 5.85. The van der Waals surface area contributed by atoms with Crippen LogP contribution in [0.4, 0.5) is 18.0 Å². The molecule has 0 aromatic carbocycles. The summed E-state index contributed by atoms with van der Waals surface area (Å²) < 4.78 is 37.0. The van der Waals surface area contributed by atoms with Crippen LogP contribution in [0, 0.1) is 0 Å². The number of likely N-dealkylation sites (N-methyl/N-ethyl adjacent to an activating group) is 1. The van der Waals surface area contributed by atoms with Crippen molar-refractivity contribution in [3.63, 3.8) is 0 Å². The van der Waals surface area contributed by atoms with Crippen LogP contribution in [0.2, 0.25) is 0 Å². The fraction of sp³-hybridized carbons (Fsp3) is 0.818. The lowest BCUT2D eigenvalue weighted by Crippen LogP contribution is -2.58. The number of hydrogen-bond acceptors (Lipinski definition) is 2. The lowest BCUT2D eigenvalue weighted by atomic mass is 10.0. The number of carbonyl (C=O) groups is 2. The Kier molecular flexibility index (Phi) is 5.64. The number of nitrogens with zero attached hydrogens (tertiary/aromatic N) is 2. The predicted octanol–water partition coefficient (Wildman–Crippen LogP) is 2.18. The van der Waals surface area contributed by atoms with Gasteiger partial charge in [0.05, 0.1) is 0 Å². The van der Waals surface area contributed by atoms with Gasteiger partial charge in [0.1, 0.15) is 12.1 Å². The summed E-state index contributed by atoms with van der Waals surface area (Å²) in [6.45, 7) is 3.94. The van der Waals surface area contributed by atoms with Gasteiger partial charge in [0.2, 0.25) is 0 Å². The third kappa shape index (κ3) is 4.60. The first-order valence-corrected chi connectivity index (χ1v) is 5.84. The summed E-state index contributed by atoms with van der Waals surface area (Å²) in [5.41, 5.74) is -1.56. The van der Waals surface area contributed by atoms with Crippen molar-refractivity contribution in [2.24, 2.45) is 0 Å². The average molecular weight is 284 g/mol. The van der Waals surface area contributed by atoms with Crippen LogP contribution in [0.1, 0.15) is 27.7 Å². The summed E-state index contributed by atoms with van der Waals surface area (Å²) in [5.74, 6) is -1.27. The van der Waals surface area contributed by atoms with Crippen molar-refractivity contribution in [3.8, 4) is 0 Å². The molecule has 0 rings (SSSR count). The molecule has 0 radical (unpaired) electrons. The lowest BCUT2D eigenvalue weighted by Gasteiger charge is -2.38. The zero-order chi connectivity index (χ0) is 15.4. The normalized spacial score (nSPS) is 12.2. The van der Waals surface area contributed by atoms with Crippen molar-refractivity contribution < 1.29 is 27.9 Å². The molecular weight excluding hydrogens is 265 g/mol. The standard InChI is InChI=1S/C11H19F3N2O3/c1-5-15(7-11(12,13)14)9(19)16(6-2)10(3,4)8(17)18/h5-7H2,1-4H3,(H,17,18). The minimum atomic E-state index is -4.52. The molecule has 0 heterocycles. The summed E-state index contributed by atoms with van der Waals surface area (Å²) in [7, 11) is 0. The van der Waals surface area contributed by atoms with Crippen LogP contribution < -0.4 is 0 Å². The monoisotopic (exact) mass is 284 g/mol. The molecule has 19 heavy (non-hydrogen) atoms. The van der Waals surface area contributed by atoms with Gasteiger partial charge in [0.25, 0.3) is 0 Å². The van der Waals surface area contributed by atoms with Gasteiger partial charge in [0.15, 0.2) is 0 Å². The Bertz CT molecular complexity index is 343. The number of rotatable bonds is 5. The van der Waals surface area contributed by atoms with E-state index in [4.69, 9.17) is 5.11 Å². The smallest absolute Gasteiger partial charge is 0.406 e. The number of alkyl halides is 3. The maximum absolute atomic E-state index is 12.3. The molecule has 8 heteroatoms. The van der Waals surface area contributed by atoms with Gasteiger partial charge in [-0.15, -0.1) is 0 Å². The summed E-state index contributed by atoms with van der Waals surface area (Å²) in [6.07, 6.45) is -4.52. The summed E-state index contributed by atoms with van der Waals surface area (Å²) in [4.78, 5) is 24.6. The Hall–Kier alpha value is -1.47. The average Bonchev–Trinajstić information content (AvgIpc) is 2.24. The molecule has 0 aromatic heterocycles. The van der Waals surface area contributed by atoms with Crippen LogP contribution in [0.25, 0.3) is 0 Å². The first-order valence-electron chi connectivity index (χ1n) is 5.84. The van der Waals surface area contributed by atoms with E-state index >= 15 is 0 Å². The predicted molar refractivity (Wildman–Crippen MR) is 62.8 cm³/mol. The molecule has 0 aliphatic carbocycles. The molecular formula is C11H19F3N2O3. The number of urea groups is 1. The molecule has 0 spiro atoms. The van der Waals surface area contributed by atoms with Crippen LogP contribution in [0.15, 0.2) is 0 Å². The molecule has 0 aliphatic heterocycles. The van der Waals surface area contributed by atoms with Crippen LogP contribution in [0.5, 0.6) is 0 Å². The Labute approximate surface area is 110 Å². The second-order valence-corrected chi connectivity index (χ2v) is 4.52. The van der Waals surface area contributed by atoms with E-state index in [1.54, 1.807) is 0 Å². The molecule has 0 aromatic rings. The first kappa shape index (κ1) is 17.5. The van der Waals surface area contributed by atoms with E-state index in [9.17, 15) is 22.8 Å². The molecule has 112 valence electrons. The maximum Gasteiger partial charge on any atom is 0.406 e. The molecule has 5 nitrogen and oxygen atoms in total. The molecule has 2 amide bonds. The van der Waals surface area contributed by atoms with Gasteiger partial charge in [-0.25, -0.2) is 9.59 Å². The van der Waals surface area contributed by atoms with E-state index in [1.165, 1.54) is 27.7 Å². The van der Waals surface area contributed by atoms with Gasteiger partial charge < -0.3 is 14.9 Å². The third-order valence-electron chi connectivity index (χ3n) is 2.77. The molecule has 0 saturated carbocycles. The topological polar surface area (TPSA) is 60.9 Å². The van der Waals surface area contributed by atoms with E-state index in [1.807, 2.05) is 0 Å². The summed E-state index contributed by atoms with van der Waals surface area (Å²) in [6, 6.07) is -0.935. The Morgan fingerprint density at radius 1 is 1.11 bits per heavy atom. The van der Waals surface area contributed by atoms with Gasteiger partial charge in [-0.3, -0.25) is 0 Å². The van der Waals surface area contributed by atoms with Crippen LogP contribution in [-0.2, 0) is 4.79 Å². The van der Waals surface area contributed by atoms with E-state index in [-0.39, 0.29) is 13.1 Å². The maximum atomic E-state index is 12.3. The molecule has 0 atom stereocenters. The third-order valence-corrected chi connectivity index (χ3v) is 2.77. The largest absolute Gasteiger partial charge is 0.480 e. The van der Waals surface area contributed by atoms with Crippen molar-refractivity contribution >= 4 is 12.0 Å². The molecule has 0 unspecified atom stereocenters. The highest BCUT2D eigenvalue weighted by Crippen LogP contribution is 2.21. The van der Waals surface area contributed by atoms with Crippen LogP contribution in [-0.4, -0.2) is 58.3 Å². The number of carboxylic acids is 1. The van der Waals surface area contributed by atoms with E-state index < -0.39 is 30.3 Å². The minimum absolute atomic E-state index is 0.00644. The van der Waals surface area contributed by atoms with Crippen LogP contribution in [0.3, 0.4) is 0 Å². The Morgan fingerprint density at radius 2 is 1.58 bits per heavy atom. The fourth-order valence-corrected chi connectivity index (χ4v) is 1.59. The van der Waals surface area contributed by atoms with E-state index in [2.05, 4.69) is 0 Å². The summed E-state index contributed by atoms with van der Waals surface area (Å²) >= 11 is 0. The number of amides is 2. The molecule has 1 N–H and O–H groups in total. The van der Waals surface area contributed by atoms with Crippen molar-refractivity contribution in [3.05, 3.63) is 0 Å². The number of aliphatic carboxylic acids is 1. The van der Waals surface area contributed by atoms with Gasteiger partial charge in [-0.1, -0.05) is 0 Å². The molecule has 0 fully saturated rings. The zero-order valence-electron chi connectivity index (χ0n) is 11.4. The van der Waals surface area contributed by atoms with E-state index in [0.717, 1.165) is 4.90 Å². The fourth-order valence-electron chi connectivity index (χ4n) is 1.59. The molecule has 0 saturated heterocycles. The summed E-state index contributed by atoms with van der Waals surface area (Å²) in [5, 5.41) is 9.04. The highest BCUT2D eigenvalue weighted by atomic mass is 19.4. The van der Waals surface area contributed by atoms with E-state index in [0.29, 0.717) is 4.90 Å². The number of carbonyl (C=O) groups excluding carboxylic acids is 1. The first-order chi connectivity index (χ1) is 8.47. The quantitative estimate of drug-likeness (QED) is 0.841. The second kappa shape index (κ2) is 6.12. The van der Waals surface area contributed by atoms with Gasteiger partial charge in [-0.2, -0.15) is 13.2 Å². The number of hydrogen-bond donors (Lipinski definition) is 1. The van der Waals surface area contributed by atoms with Crippen LogP contribution >= 0.6 is 0 Å². The van der Waals surface area contributed by atoms with Gasteiger partial charge in [0, 0.05) is 13.1 Å². The second-order valence-electron chi connectivity index (χ2n) is 4.52. The minimum Gasteiger partial charge on any atom is -0.480 e. The number of carboxylic acid groups (broad SMARTS) is 1. The molecule has 0 aliphatic rings. The zero-order valence-corrected chi connectivity index (χ0v) is 11.4. The number of halogens is 3. The van der Waals surface area contributed by atoms with Crippen molar-refractivity contribution in [1.29, 1.82) is 0 Å². The lowest BCUT2D eigenvalue weighted by molar-refractivity contribution is -0.149. The molecule has 0 bridgehead atoms. The van der Waals surface area contributed by atoms with Crippen molar-refractivity contribution in [1.82, 2.24) is 9.80 Å². The van der Waals surface area contributed by atoms with Crippen molar-refractivity contribution in [2.45, 2.75) is 39.4 Å². The highest BCUT2D eigenvalue weighted by Gasteiger charge is 2.41. The van der Waals surface area contributed by atoms with Gasteiger partial charge >= 0.3 is 18.2 Å². The Balaban J connectivity index is 5.17. The van der Waals surface area contributed by atoms with Gasteiger partial charge in [-0.05, 0) is 27.7 Å². The SMILES string of the molecule is CCN(CC(F)(F)F)C(=O)N(CC)C(C)(C)C(=O)O.